The zero-order valence-corrected chi connectivity index (χ0v) is 21.3. The first-order valence-corrected chi connectivity index (χ1v) is 12.6. The maximum atomic E-state index is 9.93. The van der Waals surface area contributed by atoms with Crippen LogP contribution in [0.5, 0.6) is 0 Å². The van der Waals surface area contributed by atoms with E-state index < -0.39 is 0 Å². The number of nitrogens with zero attached hydrogens (tertiary/aromatic N) is 3. The molecular weight excluding hydrogens is 474 g/mol. The average molecular weight is 500 g/mol. The molecule has 0 atom stereocenters. The van der Waals surface area contributed by atoms with E-state index in [0.29, 0.717) is 11.1 Å². The molecule has 5 aromatic carbocycles. The summed E-state index contributed by atoms with van der Waals surface area (Å²) in [5.74, 6) is 0. The first kappa shape index (κ1) is 25.0. The Morgan fingerprint density at radius 2 is 0.795 bits per heavy atom. The van der Waals surface area contributed by atoms with Gasteiger partial charge in [-0.1, -0.05) is 103 Å². The number of nitriles is 2. The molecule has 0 fully saturated rings. The van der Waals surface area contributed by atoms with E-state index in [0.717, 1.165) is 39.3 Å². The maximum absolute atomic E-state index is 9.93. The van der Waals surface area contributed by atoms with Gasteiger partial charge >= 0.3 is 0 Å². The van der Waals surface area contributed by atoms with Gasteiger partial charge in [0.15, 0.2) is 0 Å². The van der Waals surface area contributed by atoms with Crippen molar-refractivity contribution in [3.8, 4) is 12.1 Å². The Hall–Kier alpha value is -5.64. The van der Waals surface area contributed by atoms with Gasteiger partial charge in [-0.25, -0.2) is 0 Å². The first-order chi connectivity index (χ1) is 19.2. The minimum absolute atomic E-state index is 0.581. The lowest BCUT2D eigenvalue weighted by Crippen LogP contribution is -2.09. The molecule has 0 bridgehead atoms. The molecule has 39 heavy (non-hydrogen) atoms. The van der Waals surface area contributed by atoms with Gasteiger partial charge in [-0.15, -0.1) is 0 Å². The molecular formula is C36H25N3. The third-order valence-electron chi connectivity index (χ3n) is 6.35. The third kappa shape index (κ3) is 6.03. The van der Waals surface area contributed by atoms with E-state index in [1.165, 1.54) is 0 Å². The fourth-order valence-corrected chi connectivity index (χ4v) is 4.39. The molecule has 0 saturated carbocycles. The topological polar surface area (TPSA) is 50.8 Å². The average Bonchev–Trinajstić information content (AvgIpc) is 3.01. The molecule has 5 aromatic rings. The molecule has 0 heterocycles. The number of hydrogen-bond donors (Lipinski definition) is 0. The van der Waals surface area contributed by atoms with Crippen LogP contribution in [0.4, 0.5) is 17.1 Å². The van der Waals surface area contributed by atoms with E-state index in [-0.39, 0.29) is 0 Å². The van der Waals surface area contributed by atoms with Crippen LogP contribution in [0.15, 0.2) is 140 Å². The predicted octanol–water partition coefficient (Wildman–Crippen LogP) is 9.28. The van der Waals surface area contributed by atoms with Crippen molar-refractivity contribution in [2.75, 3.05) is 4.90 Å². The minimum Gasteiger partial charge on any atom is -0.311 e. The molecule has 0 unspecified atom stereocenters. The van der Waals surface area contributed by atoms with Gasteiger partial charge in [0.1, 0.15) is 0 Å². The number of allylic oxidation sites excluding steroid dienone is 2. The van der Waals surface area contributed by atoms with Crippen LogP contribution in [0.1, 0.15) is 22.3 Å². The highest BCUT2D eigenvalue weighted by Gasteiger charge is 2.12. The molecule has 0 aromatic heterocycles. The summed E-state index contributed by atoms with van der Waals surface area (Å²) < 4.78 is 0. The monoisotopic (exact) mass is 499 g/mol. The maximum Gasteiger partial charge on any atom is 0.0998 e. The largest absolute Gasteiger partial charge is 0.311 e. The molecule has 3 nitrogen and oxygen atoms in total. The van der Waals surface area contributed by atoms with Gasteiger partial charge in [-0.05, 0) is 70.8 Å². The van der Waals surface area contributed by atoms with Gasteiger partial charge in [0.05, 0.1) is 23.3 Å². The molecule has 0 aliphatic heterocycles. The van der Waals surface area contributed by atoms with Crippen molar-refractivity contribution in [1.29, 1.82) is 10.5 Å². The van der Waals surface area contributed by atoms with Crippen LogP contribution in [0, 0.1) is 22.7 Å². The number of rotatable bonds is 7. The van der Waals surface area contributed by atoms with Gasteiger partial charge < -0.3 is 4.90 Å². The summed E-state index contributed by atoms with van der Waals surface area (Å²) in [5, 5.41) is 19.5. The van der Waals surface area contributed by atoms with Gasteiger partial charge in [-0.3, -0.25) is 0 Å². The van der Waals surface area contributed by atoms with Gasteiger partial charge in [-0.2, -0.15) is 10.5 Å². The molecule has 184 valence electrons. The number of benzene rings is 5. The van der Waals surface area contributed by atoms with Crippen molar-refractivity contribution in [2.45, 2.75) is 0 Å². The second kappa shape index (κ2) is 12.1. The number of para-hydroxylation sites is 2. The van der Waals surface area contributed by atoms with E-state index in [4.69, 9.17) is 0 Å². The van der Waals surface area contributed by atoms with Gasteiger partial charge in [0, 0.05) is 17.1 Å². The minimum atomic E-state index is 0.581. The van der Waals surface area contributed by atoms with Crippen molar-refractivity contribution in [1.82, 2.24) is 0 Å². The van der Waals surface area contributed by atoms with Crippen molar-refractivity contribution in [3.05, 3.63) is 162 Å². The van der Waals surface area contributed by atoms with Crippen molar-refractivity contribution in [2.24, 2.45) is 0 Å². The molecule has 5 rings (SSSR count). The highest BCUT2D eigenvalue weighted by atomic mass is 15.1. The van der Waals surface area contributed by atoms with Crippen LogP contribution in [-0.4, -0.2) is 0 Å². The summed E-state index contributed by atoms with van der Waals surface area (Å²) in [6.07, 6.45) is 3.76. The van der Waals surface area contributed by atoms with E-state index in [1.54, 1.807) is 0 Å². The third-order valence-corrected chi connectivity index (χ3v) is 6.35. The lowest BCUT2D eigenvalue weighted by Gasteiger charge is -2.25. The summed E-state index contributed by atoms with van der Waals surface area (Å²) in [6, 6.07) is 50.6. The standard InChI is InChI=1S/C36H25N3/c37-26-32(30-10-4-1-5-11-30)24-28-16-18-29(19-17-28)25-33(27-38)31-20-22-36(23-21-31)39(34-12-6-2-7-13-34)35-14-8-3-9-15-35/h1-25H/b32-24+,33-25+. The Morgan fingerprint density at radius 3 is 1.21 bits per heavy atom. The fourth-order valence-electron chi connectivity index (χ4n) is 4.39. The second-order valence-electron chi connectivity index (χ2n) is 8.93. The smallest absolute Gasteiger partial charge is 0.0998 e. The Balaban J connectivity index is 1.40. The van der Waals surface area contributed by atoms with E-state index in [1.807, 2.05) is 127 Å². The fraction of sp³-hybridized carbons (Fsp3) is 0. The van der Waals surface area contributed by atoms with Crippen molar-refractivity contribution in [3.63, 3.8) is 0 Å². The molecule has 0 aliphatic carbocycles. The van der Waals surface area contributed by atoms with Gasteiger partial charge in [0.25, 0.3) is 0 Å². The van der Waals surface area contributed by atoms with Crippen LogP contribution in [0.25, 0.3) is 23.3 Å². The van der Waals surface area contributed by atoms with Crippen LogP contribution < -0.4 is 4.90 Å². The van der Waals surface area contributed by atoms with Crippen LogP contribution in [0.3, 0.4) is 0 Å². The van der Waals surface area contributed by atoms with E-state index >= 15 is 0 Å². The highest BCUT2D eigenvalue weighted by molar-refractivity contribution is 5.92. The normalized spacial score (nSPS) is 11.3. The lowest BCUT2D eigenvalue weighted by atomic mass is 10.0. The molecule has 0 saturated heterocycles. The predicted molar refractivity (Wildman–Crippen MR) is 161 cm³/mol. The Kier molecular flexibility index (Phi) is 7.74. The summed E-state index contributed by atoms with van der Waals surface area (Å²) in [4.78, 5) is 2.19. The van der Waals surface area contributed by atoms with Crippen molar-refractivity contribution >= 4 is 40.4 Å². The number of anilines is 3. The van der Waals surface area contributed by atoms with E-state index in [9.17, 15) is 10.5 Å². The van der Waals surface area contributed by atoms with Crippen molar-refractivity contribution < 1.29 is 0 Å². The molecule has 0 aliphatic rings. The Bertz CT molecular complexity index is 1630. The Morgan fingerprint density at radius 1 is 0.436 bits per heavy atom. The Labute approximate surface area is 229 Å². The van der Waals surface area contributed by atoms with Crippen LogP contribution >= 0.6 is 0 Å². The second-order valence-corrected chi connectivity index (χ2v) is 8.93. The SMILES string of the molecule is N#C/C(=C\c1ccc(/C=C(\C#N)c2ccc(N(c3ccccc3)c3ccccc3)cc2)cc1)c1ccccc1. The lowest BCUT2D eigenvalue weighted by molar-refractivity contribution is 1.28. The molecule has 3 heteroatoms. The molecule has 0 spiro atoms. The summed E-state index contributed by atoms with van der Waals surface area (Å²) in [7, 11) is 0. The number of hydrogen-bond acceptors (Lipinski definition) is 3. The molecule has 0 N–H and O–H groups in total. The highest BCUT2D eigenvalue weighted by Crippen LogP contribution is 2.34. The van der Waals surface area contributed by atoms with E-state index in [2.05, 4.69) is 41.3 Å². The van der Waals surface area contributed by atoms with Gasteiger partial charge in [0.2, 0.25) is 0 Å². The summed E-state index contributed by atoms with van der Waals surface area (Å²) in [6.45, 7) is 0. The van der Waals surface area contributed by atoms with Crippen LogP contribution in [-0.2, 0) is 0 Å². The van der Waals surface area contributed by atoms with Crippen LogP contribution in [0.2, 0.25) is 0 Å². The first-order valence-electron chi connectivity index (χ1n) is 12.6. The molecule has 0 amide bonds. The zero-order valence-electron chi connectivity index (χ0n) is 21.3. The quantitative estimate of drug-likeness (QED) is 0.166. The zero-order chi connectivity index (χ0) is 26.9. The summed E-state index contributed by atoms with van der Waals surface area (Å²) >= 11 is 0. The molecule has 0 radical (unpaired) electrons. The summed E-state index contributed by atoms with van der Waals surface area (Å²) in [5.41, 5.74) is 7.91.